The number of benzene rings is 2. The van der Waals surface area contributed by atoms with Gasteiger partial charge >= 0.3 is 5.97 Å². The van der Waals surface area contributed by atoms with Gasteiger partial charge in [0, 0.05) is 12.0 Å². The lowest BCUT2D eigenvalue weighted by Crippen LogP contribution is -2.29. The minimum atomic E-state index is -0.872. The number of thiophene rings is 1. The third-order valence-electron chi connectivity index (χ3n) is 6.22. The van der Waals surface area contributed by atoms with E-state index >= 15 is 0 Å². The summed E-state index contributed by atoms with van der Waals surface area (Å²) in [6.45, 7) is 3.41. The summed E-state index contributed by atoms with van der Waals surface area (Å²) in [6, 6.07) is 13.5. The standard InChI is InChI=1S/C27H23N3O6S/c1-15-22-25(37-24(15)27(34)35-11-10-17-6-4-3-5-7-17)28-14-30(26(22)33)16(2)23(32)18-8-9-20-19(12-18)29-21(31)13-36-20/h3-9,12,14,16H,10-11,13H2,1-2H3,(H,29,31). The van der Waals surface area contributed by atoms with Crippen LogP contribution in [0.25, 0.3) is 10.2 Å². The van der Waals surface area contributed by atoms with Crippen molar-refractivity contribution in [3.8, 4) is 5.75 Å². The predicted molar refractivity (Wildman–Crippen MR) is 139 cm³/mol. The highest BCUT2D eigenvalue weighted by Crippen LogP contribution is 2.31. The maximum Gasteiger partial charge on any atom is 0.348 e. The summed E-state index contributed by atoms with van der Waals surface area (Å²) < 4.78 is 12.0. The van der Waals surface area contributed by atoms with Crippen LogP contribution in [-0.2, 0) is 16.0 Å². The van der Waals surface area contributed by atoms with Crippen molar-refractivity contribution < 1.29 is 23.9 Å². The number of nitrogens with zero attached hydrogens (tertiary/aromatic N) is 2. The quantitative estimate of drug-likeness (QED) is 0.292. The fourth-order valence-electron chi connectivity index (χ4n) is 4.18. The van der Waals surface area contributed by atoms with Gasteiger partial charge in [-0.3, -0.25) is 19.0 Å². The molecule has 1 aliphatic rings. The number of anilines is 1. The molecule has 9 nitrogen and oxygen atoms in total. The minimum absolute atomic E-state index is 0.0830. The summed E-state index contributed by atoms with van der Waals surface area (Å²) in [5.74, 6) is -0.677. The van der Waals surface area contributed by atoms with Crippen molar-refractivity contribution in [2.75, 3.05) is 18.5 Å². The number of carbonyl (C=O) groups excluding carboxylic acids is 3. The number of nitrogens with one attached hydrogen (secondary N) is 1. The van der Waals surface area contributed by atoms with E-state index in [0.717, 1.165) is 16.9 Å². The van der Waals surface area contributed by atoms with Crippen LogP contribution >= 0.6 is 11.3 Å². The van der Waals surface area contributed by atoms with E-state index < -0.39 is 17.6 Å². The summed E-state index contributed by atoms with van der Waals surface area (Å²) >= 11 is 1.10. The Morgan fingerprint density at radius 2 is 1.97 bits per heavy atom. The van der Waals surface area contributed by atoms with Gasteiger partial charge in [-0.25, -0.2) is 9.78 Å². The number of carbonyl (C=O) groups is 3. The first kappa shape index (κ1) is 24.4. The maximum atomic E-state index is 13.4. The fraction of sp³-hybridized carbons (Fsp3) is 0.222. The number of fused-ring (bicyclic) bond motifs is 2. The van der Waals surface area contributed by atoms with Crippen LogP contribution in [0.4, 0.5) is 5.69 Å². The molecule has 5 rings (SSSR count). The fourth-order valence-corrected chi connectivity index (χ4v) is 5.22. The van der Waals surface area contributed by atoms with E-state index in [9.17, 15) is 19.2 Å². The monoisotopic (exact) mass is 517 g/mol. The molecule has 0 saturated heterocycles. The van der Waals surface area contributed by atoms with Crippen molar-refractivity contribution >= 4 is 44.9 Å². The molecule has 0 spiro atoms. The maximum absolute atomic E-state index is 13.4. The summed E-state index contributed by atoms with van der Waals surface area (Å²) in [7, 11) is 0. The Morgan fingerprint density at radius 3 is 2.76 bits per heavy atom. The second-order valence-corrected chi connectivity index (χ2v) is 9.65. The Kier molecular flexibility index (Phi) is 6.58. The molecule has 0 fully saturated rings. The van der Waals surface area contributed by atoms with E-state index in [0.29, 0.717) is 38.7 Å². The van der Waals surface area contributed by atoms with Crippen LogP contribution in [0.15, 0.2) is 59.7 Å². The Balaban J connectivity index is 1.37. The second-order valence-electron chi connectivity index (χ2n) is 8.65. The van der Waals surface area contributed by atoms with Gasteiger partial charge in [0.15, 0.2) is 12.4 Å². The number of aromatic nitrogens is 2. The number of rotatable bonds is 7. The van der Waals surface area contributed by atoms with Gasteiger partial charge in [0.05, 0.1) is 30.0 Å². The average Bonchev–Trinajstić information content (AvgIpc) is 3.25. The third-order valence-corrected chi connectivity index (χ3v) is 7.40. The topological polar surface area (TPSA) is 117 Å². The highest BCUT2D eigenvalue weighted by atomic mass is 32.1. The van der Waals surface area contributed by atoms with Crippen LogP contribution in [0.2, 0.25) is 0 Å². The lowest BCUT2D eigenvalue weighted by atomic mass is 10.0. The zero-order valence-corrected chi connectivity index (χ0v) is 21.0. The van der Waals surface area contributed by atoms with Gasteiger partial charge in [0.2, 0.25) is 0 Å². The van der Waals surface area contributed by atoms with E-state index in [1.165, 1.54) is 17.0 Å². The van der Waals surface area contributed by atoms with Gasteiger partial charge in [0.25, 0.3) is 11.5 Å². The number of Topliss-reactive ketones (excluding diaryl/α,β-unsaturated/α-hetero) is 1. The largest absolute Gasteiger partial charge is 0.482 e. The molecule has 37 heavy (non-hydrogen) atoms. The number of amides is 1. The Morgan fingerprint density at radius 1 is 1.19 bits per heavy atom. The number of hydrogen-bond acceptors (Lipinski definition) is 8. The molecule has 1 atom stereocenters. The smallest absolute Gasteiger partial charge is 0.348 e. The van der Waals surface area contributed by atoms with Crippen molar-refractivity contribution in [2.24, 2.45) is 0 Å². The van der Waals surface area contributed by atoms with Crippen LogP contribution in [0.5, 0.6) is 5.75 Å². The average molecular weight is 518 g/mol. The number of hydrogen-bond donors (Lipinski definition) is 1. The molecule has 10 heteroatoms. The SMILES string of the molecule is Cc1c(C(=O)OCCc2ccccc2)sc2ncn(C(C)C(=O)c3ccc4c(c3)NC(=O)CO4)c(=O)c12. The van der Waals surface area contributed by atoms with E-state index in [-0.39, 0.29) is 30.3 Å². The van der Waals surface area contributed by atoms with Crippen LogP contribution < -0.4 is 15.6 Å². The molecule has 1 unspecified atom stereocenters. The first-order valence-electron chi connectivity index (χ1n) is 11.7. The van der Waals surface area contributed by atoms with Crippen LogP contribution in [0.1, 0.15) is 44.1 Å². The number of ether oxygens (including phenoxy) is 2. The number of aryl methyl sites for hydroxylation is 1. The molecule has 188 valence electrons. The van der Waals surface area contributed by atoms with E-state index in [1.807, 2.05) is 30.3 Å². The van der Waals surface area contributed by atoms with Gasteiger partial charge in [-0.2, -0.15) is 0 Å². The van der Waals surface area contributed by atoms with Gasteiger partial charge in [-0.1, -0.05) is 30.3 Å². The molecule has 1 amide bonds. The molecule has 2 aromatic heterocycles. The summed E-state index contributed by atoms with van der Waals surface area (Å²) in [5.41, 5.74) is 1.83. The summed E-state index contributed by atoms with van der Waals surface area (Å²) in [4.78, 5) is 56.1. The van der Waals surface area contributed by atoms with Crippen LogP contribution in [-0.4, -0.2) is 40.4 Å². The highest BCUT2D eigenvalue weighted by molar-refractivity contribution is 7.20. The molecule has 0 saturated carbocycles. The second kappa shape index (κ2) is 9.98. The Hall–Kier alpha value is -4.31. The van der Waals surface area contributed by atoms with Crippen molar-refractivity contribution in [1.29, 1.82) is 0 Å². The molecule has 0 aliphatic carbocycles. The van der Waals surface area contributed by atoms with Gasteiger partial charge in [0.1, 0.15) is 15.5 Å². The van der Waals surface area contributed by atoms with Gasteiger partial charge in [-0.05, 0) is 43.2 Å². The summed E-state index contributed by atoms with van der Waals surface area (Å²) in [5, 5.41) is 2.96. The van der Waals surface area contributed by atoms with Crippen LogP contribution in [0.3, 0.4) is 0 Å². The molecular weight excluding hydrogens is 494 g/mol. The highest BCUT2D eigenvalue weighted by Gasteiger charge is 2.25. The molecule has 0 radical (unpaired) electrons. The normalized spacial score (nSPS) is 13.4. The van der Waals surface area contributed by atoms with Crippen molar-refractivity contribution in [3.05, 3.63) is 86.8 Å². The summed E-state index contributed by atoms with van der Waals surface area (Å²) in [6.07, 6.45) is 1.90. The third kappa shape index (κ3) is 4.75. The van der Waals surface area contributed by atoms with E-state index in [4.69, 9.17) is 9.47 Å². The molecule has 1 aliphatic heterocycles. The molecule has 1 N–H and O–H groups in total. The lowest BCUT2D eigenvalue weighted by molar-refractivity contribution is -0.118. The number of esters is 1. The number of ketones is 1. The molecule has 2 aromatic carbocycles. The Labute approximate surface area is 215 Å². The van der Waals surface area contributed by atoms with E-state index in [2.05, 4.69) is 10.3 Å². The van der Waals surface area contributed by atoms with Gasteiger partial charge < -0.3 is 14.8 Å². The first-order chi connectivity index (χ1) is 17.8. The van der Waals surface area contributed by atoms with E-state index in [1.54, 1.807) is 26.0 Å². The van der Waals surface area contributed by atoms with Gasteiger partial charge in [-0.15, -0.1) is 11.3 Å². The Bertz CT molecular complexity index is 1590. The zero-order chi connectivity index (χ0) is 26.1. The van der Waals surface area contributed by atoms with Crippen LogP contribution in [0, 0.1) is 6.92 Å². The zero-order valence-electron chi connectivity index (χ0n) is 20.1. The molecular formula is C27H23N3O6S. The first-order valence-corrected chi connectivity index (χ1v) is 12.5. The molecule has 4 aromatic rings. The predicted octanol–water partition coefficient (Wildman–Crippen LogP) is 3.94. The lowest BCUT2D eigenvalue weighted by Gasteiger charge is -2.19. The van der Waals surface area contributed by atoms with Crippen molar-refractivity contribution in [3.63, 3.8) is 0 Å². The van der Waals surface area contributed by atoms with Crippen molar-refractivity contribution in [2.45, 2.75) is 26.3 Å². The minimum Gasteiger partial charge on any atom is -0.482 e. The molecule has 0 bridgehead atoms. The molecule has 3 heterocycles. The van der Waals surface area contributed by atoms with Crippen molar-refractivity contribution in [1.82, 2.24) is 9.55 Å².